The molecule has 0 aromatic rings. The molecular weight excluding hydrogens is 739 g/mol. The van der Waals surface area contributed by atoms with Gasteiger partial charge in [-0.1, -0.05) is 187 Å². The highest BCUT2D eigenvalue weighted by molar-refractivity contribution is 5.80. The van der Waals surface area contributed by atoms with E-state index in [1.807, 2.05) is 0 Å². The highest BCUT2D eigenvalue weighted by Crippen LogP contribution is 2.23. The summed E-state index contributed by atoms with van der Waals surface area (Å²) < 4.78 is 11.1. The molecule has 11 nitrogen and oxygen atoms in total. The van der Waals surface area contributed by atoms with E-state index in [0.717, 1.165) is 38.5 Å². The topological polar surface area (TPSA) is 189 Å². The van der Waals surface area contributed by atoms with Crippen LogP contribution in [0.3, 0.4) is 0 Å². The van der Waals surface area contributed by atoms with Gasteiger partial charge in [-0.2, -0.15) is 0 Å². The minimum atomic E-state index is -1.66. The molecule has 1 heterocycles. The average molecular weight is 830 g/mol. The van der Waals surface area contributed by atoms with Crippen LogP contribution in [0.25, 0.3) is 0 Å². The maximum atomic E-state index is 13.1. The molecule has 0 saturated carbocycles. The third-order valence-electron chi connectivity index (χ3n) is 11.8. The molecule has 11 heteroatoms. The fourth-order valence-corrected chi connectivity index (χ4v) is 7.79. The van der Waals surface area contributed by atoms with Crippen molar-refractivity contribution in [1.82, 2.24) is 5.32 Å². The Morgan fingerprint density at radius 2 is 1.02 bits per heavy atom. The van der Waals surface area contributed by atoms with E-state index < -0.39 is 74.2 Å². The number of aliphatic hydroxyl groups is 7. The van der Waals surface area contributed by atoms with Crippen molar-refractivity contribution in [1.29, 1.82) is 0 Å². The van der Waals surface area contributed by atoms with E-state index in [2.05, 4.69) is 31.3 Å². The van der Waals surface area contributed by atoms with E-state index in [9.17, 15) is 40.5 Å². The lowest BCUT2D eigenvalue weighted by Crippen LogP contribution is -2.60. The van der Waals surface area contributed by atoms with E-state index in [0.29, 0.717) is 12.8 Å². The molecule has 0 aromatic carbocycles. The Bertz CT molecular complexity index is 954. The van der Waals surface area contributed by atoms with Crippen LogP contribution in [-0.2, 0) is 14.3 Å². The second-order valence-electron chi connectivity index (χ2n) is 17.2. The second-order valence-corrected chi connectivity index (χ2v) is 17.2. The fourth-order valence-electron chi connectivity index (χ4n) is 7.79. The van der Waals surface area contributed by atoms with Crippen molar-refractivity contribution < 1.29 is 50.0 Å². The van der Waals surface area contributed by atoms with Gasteiger partial charge in [-0.15, -0.1) is 0 Å². The molecule has 1 aliphatic rings. The Morgan fingerprint density at radius 3 is 1.48 bits per heavy atom. The number of carbonyl (C=O) groups excluding carboxylic acids is 1. The lowest BCUT2D eigenvalue weighted by atomic mass is 9.98. The Balaban J connectivity index is 2.44. The molecule has 1 fully saturated rings. The first-order valence-electron chi connectivity index (χ1n) is 24.1. The molecule has 8 N–H and O–H groups in total. The van der Waals surface area contributed by atoms with Gasteiger partial charge in [-0.3, -0.25) is 4.79 Å². The molecule has 0 spiro atoms. The summed E-state index contributed by atoms with van der Waals surface area (Å²) in [6.07, 6.45) is 28.4. The van der Waals surface area contributed by atoms with Crippen molar-refractivity contribution >= 4 is 5.91 Å². The highest BCUT2D eigenvalue weighted by Gasteiger charge is 2.44. The number of allylic oxidation sites excluding steroid dienone is 2. The maximum absolute atomic E-state index is 13.1. The van der Waals surface area contributed by atoms with Crippen molar-refractivity contribution in [3.8, 4) is 0 Å². The van der Waals surface area contributed by atoms with E-state index >= 15 is 0 Å². The van der Waals surface area contributed by atoms with Crippen molar-refractivity contribution in [3.05, 3.63) is 12.2 Å². The molecule has 1 saturated heterocycles. The summed E-state index contributed by atoms with van der Waals surface area (Å²) >= 11 is 0. The number of hydrogen-bond donors (Lipinski definition) is 8. The van der Waals surface area contributed by atoms with Gasteiger partial charge in [0.05, 0.1) is 25.4 Å². The minimum Gasteiger partial charge on any atom is -0.394 e. The first kappa shape index (κ1) is 54.9. The van der Waals surface area contributed by atoms with Crippen LogP contribution < -0.4 is 5.32 Å². The zero-order valence-electron chi connectivity index (χ0n) is 37.0. The van der Waals surface area contributed by atoms with Gasteiger partial charge in [0, 0.05) is 0 Å². The zero-order chi connectivity index (χ0) is 42.6. The van der Waals surface area contributed by atoms with Gasteiger partial charge in [0.25, 0.3) is 0 Å². The minimum absolute atomic E-state index is 0.258. The van der Waals surface area contributed by atoms with Crippen molar-refractivity contribution in [3.63, 3.8) is 0 Å². The van der Waals surface area contributed by atoms with Crippen molar-refractivity contribution in [2.24, 2.45) is 0 Å². The first-order valence-corrected chi connectivity index (χ1v) is 24.1. The molecule has 9 atom stereocenters. The normalized spacial score (nSPS) is 22.0. The maximum Gasteiger partial charge on any atom is 0.249 e. The van der Waals surface area contributed by atoms with E-state index in [1.165, 1.54) is 135 Å². The summed E-state index contributed by atoms with van der Waals surface area (Å²) in [4.78, 5) is 13.1. The quantitative estimate of drug-likeness (QED) is 0.0222. The molecular formula is C47H91NO10. The van der Waals surface area contributed by atoms with Crippen LogP contribution >= 0.6 is 0 Å². The standard InChI is InChI=1S/C47H91NO10/c1-3-5-7-9-11-13-15-17-18-19-20-21-22-23-25-26-28-30-32-34-39(50)42(52)38(37-57-47-45(55)44(54)43(53)41(36-49)58-47)48-46(56)40(51)35-33-31-29-27-24-16-14-12-10-8-6-4-2/h26,28,38-45,47,49-55H,3-25,27,29-37H2,1-2H3,(H,48,56)/b28-26+. The lowest BCUT2D eigenvalue weighted by Gasteiger charge is -2.40. The van der Waals surface area contributed by atoms with Crippen LogP contribution in [0.15, 0.2) is 12.2 Å². The number of aliphatic hydroxyl groups excluding tert-OH is 7. The number of carbonyl (C=O) groups is 1. The molecule has 1 amide bonds. The summed E-state index contributed by atoms with van der Waals surface area (Å²) in [5.74, 6) is -0.705. The van der Waals surface area contributed by atoms with Crippen LogP contribution in [0.5, 0.6) is 0 Å². The van der Waals surface area contributed by atoms with Gasteiger partial charge >= 0.3 is 0 Å². The Kier molecular flexibility index (Phi) is 35.6. The Labute approximate surface area is 353 Å². The van der Waals surface area contributed by atoms with Gasteiger partial charge in [0.1, 0.15) is 36.6 Å². The number of amides is 1. The van der Waals surface area contributed by atoms with Crippen LogP contribution in [0.1, 0.15) is 213 Å². The van der Waals surface area contributed by atoms with E-state index in [1.54, 1.807) is 0 Å². The lowest BCUT2D eigenvalue weighted by molar-refractivity contribution is -0.303. The van der Waals surface area contributed by atoms with E-state index in [-0.39, 0.29) is 12.8 Å². The summed E-state index contributed by atoms with van der Waals surface area (Å²) in [6, 6.07) is -1.18. The molecule has 9 unspecified atom stereocenters. The predicted octanol–water partition coefficient (Wildman–Crippen LogP) is 8.06. The molecule has 0 bridgehead atoms. The van der Waals surface area contributed by atoms with Crippen LogP contribution in [0, 0.1) is 0 Å². The molecule has 58 heavy (non-hydrogen) atoms. The van der Waals surface area contributed by atoms with Crippen LogP contribution in [0.2, 0.25) is 0 Å². The number of rotatable bonds is 40. The highest BCUT2D eigenvalue weighted by atomic mass is 16.7. The number of unbranched alkanes of at least 4 members (excludes halogenated alkanes) is 26. The Morgan fingerprint density at radius 1 is 0.586 bits per heavy atom. The molecule has 1 rings (SSSR count). The van der Waals surface area contributed by atoms with Gasteiger partial charge in [-0.05, 0) is 38.5 Å². The van der Waals surface area contributed by atoms with Crippen LogP contribution in [0.4, 0.5) is 0 Å². The van der Waals surface area contributed by atoms with Gasteiger partial charge in [-0.25, -0.2) is 0 Å². The third-order valence-corrected chi connectivity index (χ3v) is 11.8. The summed E-state index contributed by atoms with van der Waals surface area (Å²) in [5.41, 5.74) is 0. The predicted molar refractivity (Wildman–Crippen MR) is 233 cm³/mol. The fraction of sp³-hybridized carbons (Fsp3) is 0.936. The van der Waals surface area contributed by atoms with Crippen molar-refractivity contribution in [2.45, 2.75) is 268 Å². The average Bonchev–Trinajstić information content (AvgIpc) is 3.22. The summed E-state index contributed by atoms with van der Waals surface area (Å²) in [5, 5.41) is 75.6. The molecule has 1 aliphatic heterocycles. The summed E-state index contributed by atoms with van der Waals surface area (Å²) in [7, 11) is 0. The monoisotopic (exact) mass is 830 g/mol. The molecule has 344 valence electrons. The molecule has 0 aromatic heterocycles. The first-order chi connectivity index (χ1) is 28.2. The molecule has 0 radical (unpaired) electrons. The van der Waals surface area contributed by atoms with Crippen molar-refractivity contribution in [2.75, 3.05) is 13.2 Å². The SMILES string of the molecule is CCCCCCCCCCCCCCCC/C=C/CCCC(O)C(O)C(COC1OC(CO)C(O)C(O)C1O)NC(=O)C(O)CCCCCCCCCCCCCC. The number of ether oxygens (including phenoxy) is 2. The Hall–Kier alpha value is -1.15. The van der Waals surface area contributed by atoms with Gasteiger partial charge in [0.2, 0.25) is 5.91 Å². The zero-order valence-corrected chi connectivity index (χ0v) is 37.0. The second kappa shape index (κ2) is 37.6. The van der Waals surface area contributed by atoms with Crippen LogP contribution in [-0.4, -0.2) is 110 Å². The van der Waals surface area contributed by atoms with E-state index in [4.69, 9.17) is 9.47 Å². The number of hydrogen-bond acceptors (Lipinski definition) is 10. The smallest absolute Gasteiger partial charge is 0.249 e. The van der Waals surface area contributed by atoms with Gasteiger partial charge < -0.3 is 50.5 Å². The largest absolute Gasteiger partial charge is 0.394 e. The molecule has 0 aliphatic carbocycles. The number of nitrogens with one attached hydrogen (secondary N) is 1. The summed E-state index contributed by atoms with van der Waals surface area (Å²) in [6.45, 7) is 3.43. The third kappa shape index (κ3) is 26.9. The van der Waals surface area contributed by atoms with Gasteiger partial charge in [0.15, 0.2) is 6.29 Å².